The molecule has 0 rings (SSSR count). The highest BCUT2D eigenvalue weighted by molar-refractivity contribution is 5.00. The van der Waals surface area contributed by atoms with Gasteiger partial charge in [0, 0.05) is 0 Å². The Morgan fingerprint density at radius 2 is 1.54 bits per heavy atom. The van der Waals surface area contributed by atoms with Crippen LogP contribution in [0.4, 0.5) is 0 Å². The Morgan fingerprint density at radius 1 is 1.00 bits per heavy atom. The fraction of sp³-hybridized carbons (Fsp3) is 0.769. The van der Waals surface area contributed by atoms with Gasteiger partial charge in [0.05, 0.1) is 0 Å². The predicted octanol–water partition coefficient (Wildman–Crippen LogP) is 4.91. The maximum atomic E-state index is 3.86. The fourth-order valence-electron chi connectivity index (χ4n) is 1.45. The van der Waals surface area contributed by atoms with E-state index in [0.29, 0.717) is 0 Å². The van der Waals surface area contributed by atoms with E-state index in [-0.39, 0.29) is 0 Å². The molecule has 0 saturated heterocycles. The van der Waals surface area contributed by atoms with E-state index in [0.717, 1.165) is 0 Å². The van der Waals surface area contributed by atoms with Crippen molar-refractivity contribution in [2.75, 3.05) is 0 Å². The molecule has 13 heavy (non-hydrogen) atoms. The molecule has 0 saturated carbocycles. The second-order valence-corrected chi connectivity index (χ2v) is 3.96. The van der Waals surface area contributed by atoms with Crippen LogP contribution < -0.4 is 0 Å². The molecule has 0 amide bonds. The van der Waals surface area contributed by atoms with E-state index in [9.17, 15) is 0 Å². The second kappa shape index (κ2) is 9.83. The molecule has 0 aromatic heterocycles. The maximum absolute atomic E-state index is 3.86. The molecule has 0 fully saturated rings. The van der Waals surface area contributed by atoms with Crippen molar-refractivity contribution in [3.8, 4) is 0 Å². The summed E-state index contributed by atoms with van der Waals surface area (Å²) in [6.07, 6.45) is 13.3. The van der Waals surface area contributed by atoms with Crippen LogP contribution in [0.2, 0.25) is 0 Å². The van der Waals surface area contributed by atoms with Crippen molar-refractivity contribution < 1.29 is 0 Å². The zero-order chi connectivity index (χ0) is 9.94. The van der Waals surface area contributed by atoms with Crippen LogP contribution in [0.3, 0.4) is 0 Å². The number of rotatable bonds is 8. The average Bonchev–Trinajstić information content (AvgIpc) is 2.09. The van der Waals surface area contributed by atoms with Crippen LogP contribution in [0.15, 0.2) is 11.6 Å². The van der Waals surface area contributed by atoms with Gasteiger partial charge < -0.3 is 0 Å². The van der Waals surface area contributed by atoms with Gasteiger partial charge in [-0.1, -0.05) is 57.1 Å². The molecule has 77 valence electrons. The SMILES string of the molecule is [CH2]/C(C)=C/CCCCCCCCC. The minimum Gasteiger partial charge on any atom is -0.0856 e. The van der Waals surface area contributed by atoms with Gasteiger partial charge in [-0.2, -0.15) is 0 Å². The van der Waals surface area contributed by atoms with Crippen LogP contribution in [-0.4, -0.2) is 0 Å². The lowest BCUT2D eigenvalue weighted by Crippen LogP contribution is -1.79. The van der Waals surface area contributed by atoms with E-state index in [1.165, 1.54) is 56.9 Å². The number of allylic oxidation sites excluding steroid dienone is 2. The van der Waals surface area contributed by atoms with Gasteiger partial charge in [0.15, 0.2) is 0 Å². The molecule has 1 radical (unpaired) electrons. The van der Waals surface area contributed by atoms with E-state index in [4.69, 9.17) is 0 Å². The van der Waals surface area contributed by atoms with Crippen LogP contribution in [0.1, 0.15) is 65.2 Å². The van der Waals surface area contributed by atoms with E-state index < -0.39 is 0 Å². The van der Waals surface area contributed by atoms with Gasteiger partial charge in [-0.05, 0) is 26.7 Å². The lowest BCUT2D eigenvalue weighted by Gasteiger charge is -1.99. The van der Waals surface area contributed by atoms with Crippen LogP contribution in [-0.2, 0) is 0 Å². The third-order valence-corrected chi connectivity index (χ3v) is 2.30. The summed E-state index contributed by atoms with van der Waals surface area (Å²) in [7, 11) is 0. The molecule has 0 aliphatic rings. The molecule has 0 aliphatic heterocycles. The van der Waals surface area contributed by atoms with Gasteiger partial charge in [0.2, 0.25) is 0 Å². The molecule has 0 heterocycles. The van der Waals surface area contributed by atoms with Crippen molar-refractivity contribution in [3.63, 3.8) is 0 Å². The number of hydrogen-bond acceptors (Lipinski definition) is 0. The first kappa shape index (κ1) is 12.7. The first-order valence-electron chi connectivity index (χ1n) is 5.76. The van der Waals surface area contributed by atoms with Gasteiger partial charge in [-0.25, -0.2) is 0 Å². The highest BCUT2D eigenvalue weighted by atomic mass is 14.0. The van der Waals surface area contributed by atoms with Gasteiger partial charge in [-0.15, -0.1) is 0 Å². The van der Waals surface area contributed by atoms with E-state index >= 15 is 0 Å². The van der Waals surface area contributed by atoms with Crippen LogP contribution in [0.5, 0.6) is 0 Å². The molecule has 0 heteroatoms. The smallest absolute Gasteiger partial charge is 0.0286 e. The molecule has 0 aromatic rings. The molecule has 0 aromatic carbocycles. The zero-order valence-corrected chi connectivity index (χ0v) is 9.44. The average molecular weight is 181 g/mol. The predicted molar refractivity (Wildman–Crippen MR) is 61.7 cm³/mol. The third kappa shape index (κ3) is 11.7. The summed E-state index contributed by atoms with van der Waals surface area (Å²) < 4.78 is 0. The normalized spacial score (nSPS) is 12.1. The Kier molecular flexibility index (Phi) is 9.63. The van der Waals surface area contributed by atoms with E-state index in [2.05, 4.69) is 26.8 Å². The molecule has 0 nitrogen and oxygen atoms in total. The van der Waals surface area contributed by atoms with Crippen LogP contribution >= 0.6 is 0 Å². The standard InChI is InChI=1S/C13H25/c1-4-5-6-7-8-9-10-11-12-13(2)3/h12H,2,4-11H2,1,3H3/b13-12-. The summed E-state index contributed by atoms with van der Waals surface area (Å²) in [4.78, 5) is 0. The number of unbranched alkanes of at least 4 members (excludes halogenated alkanes) is 7. The van der Waals surface area contributed by atoms with Crippen molar-refractivity contribution >= 4 is 0 Å². The molecular weight excluding hydrogens is 156 g/mol. The fourth-order valence-corrected chi connectivity index (χ4v) is 1.45. The van der Waals surface area contributed by atoms with Gasteiger partial charge >= 0.3 is 0 Å². The topological polar surface area (TPSA) is 0 Å². The lowest BCUT2D eigenvalue weighted by molar-refractivity contribution is 0.592. The summed E-state index contributed by atoms with van der Waals surface area (Å²) in [5.74, 6) is 0. The minimum absolute atomic E-state index is 1.21. The Hall–Kier alpha value is -0.260. The summed E-state index contributed by atoms with van der Waals surface area (Å²) in [6, 6.07) is 0. The minimum atomic E-state index is 1.21. The Balaban J connectivity index is 2.96. The van der Waals surface area contributed by atoms with E-state index in [1.54, 1.807) is 0 Å². The van der Waals surface area contributed by atoms with Crippen LogP contribution in [0.25, 0.3) is 0 Å². The van der Waals surface area contributed by atoms with Crippen molar-refractivity contribution in [1.29, 1.82) is 0 Å². The van der Waals surface area contributed by atoms with Gasteiger partial charge in [-0.3, -0.25) is 0 Å². The summed E-state index contributed by atoms with van der Waals surface area (Å²) in [5.41, 5.74) is 1.21. The van der Waals surface area contributed by atoms with Crippen molar-refractivity contribution in [1.82, 2.24) is 0 Å². The largest absolute Gasteiger partial charge is 0.0856 e. The highest BCUT2D eigenvalue weighted by Crippen LogP contribution is 2.09. The quantitative estimate of drug-likeness (QED) is 0.467. The summed E-state index contributed by atoms with van der Waals surface area (Å²) >= 11 is 0. The van der Waals surface area contributed by atoms with Gasteiger partial charge in [0.1, 0.15) is 0 Å². The lowest BCUT2D eigenvalue weighted by atomic mass is 10.1. The number of hydrogen-bond donors (Lipinski definition) is 0. The molecule has 0 spiro atoms. The van der Waals surface area contributed by atoms with Gasteiger partial charge in [0.25, 0.3) is 0 Å². The third-order valence-electron chi connectivity index (χ3n) is 2.30. The molecule has 0 aliphatic carbocycles. The molecule has 0 atom stereocenters. The Morgan fingerprint density at radius 3 is 2.08 bits per heavy atom. The van der Waals surface area contributed by atoms with Crippen molar-refractivity contribution in [2.24, 2.45) is 0 Å². The van der Waals surface area contributed by atoms with Crippen molar-refractivity contribution in [3.05, 3.63) is 18.6 Å². The Labute approximate surface area is 84.4 Å². The van der Waals surface area contributed by atoms with Crippen molar-refractivity contribution in [2.45, 2.75) is 65.2 Å². The summed E-state index contributed by atoms with van der Waals surface area (Å²) in [6.45, 7) is 8.19. The maximum Gasteiger partial charge on any atom is -0.0286 e. The first-order valence-corrected chi connectivity index (χ1v) is 5.76. The monoisotopic (exact) mass is 181 g/mol. The van der Waals surface area contributed by atoms with Crippen LogP contribution in [0, 0.1) is 6.92 Å². The molecule has 0 N–H and O–H groups in total. The molecule has 0 unspecified atom stereocenters. The van der Waals surface area contributed by atoms with E-state index in [1.807, 2.05) is 0 Å². The molecule has 0 bridgehead atoms. The summed E-state index contributed by atoms with van der Waals surface area (Å²) in [5, 5.41) is 0. The molecular formula is C13H25. The highest BCUT2D eigenvalue weighted by Gasteiger charge is 1.89. The Bertz CT molecular complexity index is 118. The zero-order valence-electron chi connectivity index (χ0n) is 9.44. The first-order chi connectivity index (χ1) is 6.27. The second-order valence-electron chi connectivity index (χ2n) is 3.96.